The van der Waals surface area contributed by atoms with Crippen molar-refractivity contribution >= 4 is 17.7 Å². The summed E-state index contributed by atoms with van der Waals surface area (Å²) >= 11 is 0. The van der Waals surface area contributed by atoms with Crippen molar-refractivity contribution in [2.24, 2.45) is 0 Å². The van der Waals surface area contributed by atoms with Crippen LogP contribution in [0.4, 0.5) is 0 Å². The van der Waals surface area contributed by atoms with Crippen LogP contribution >= 0.6 is 0 Å². The molecule has 0 aromatic heterocycles. The van der Waals surface area contributed by atoms with Crippen molar-refractivity contribution in [2.45, 2.75) is 20.3 Å². The van der Waals surface area contributed by atoms with Crippen LogP contribution in [-0.2, 0) is 9.53 Å². The topological polar surface area (TPSA) is 87.5 Å². The number of rotatable bonds is 7. The predicted octanol–water partition coefficient (Wildman–Crippen LogP) is 3.06. The zero-order valence-electron chi connectivity index (χ0n) is 16.2. The van der Waals surface area contributed by atoms with Crippen LogP contribution in [0.3, 0.4) is 0 Å². The molecule has 0 fully saturated rings. The summed E-state index contributed by atoms with van der Waals surface area (Å²) in [4.78, 5) is 38.8. The van der Waals surface area contributed by atoms with Crippen molar-refractivity contribution in [3.63, 3.8) is 0 Å². The van der Waals surface area contributed by atoms with Gasteiger partial charge in [-0.05, 0) is 31.5 Å². The Morgan fingerprint density at radius 1 is 1.04 bits per heavy atom. The maximum atomic E-state index is 13.0. The molecule has 0 N–H and O–H groups in total. The first kappa shape index (κ1) is 20.8. The highest BCUT2D eigenvalue weighted by Gasteiger charge is 2.21. The Kier molecular flexibility index (Phi) is 7.05. The van der Waals surface area contributed by atoms with E-state index in [1.54, 1.807) is 24.3 Å². The lowest BCUT2D eigenvalue weighted by atomic mass is 9.94. The van der Waals surface area contributed by atoms with Crippen LogP contribution in [0.1, 0.15) is 43.8 Å². The molecule has 0 aliphatic heterocycles. The summed E-state index contributed by atoms with van der Waals surface area (Å²) < 4.78 is 5.11. The first-order valence-electron chi connectivity index (χ1n) is 8.84. The fourth-order valence-corrected chi connectivity index (χ4v) is 2.64. The molecular formula is C22H22N2O4. The van der Waals surface area contributed by atoms with Gasteiger partial charge in [0.15, 0.2) is 12.4 Å². The van der Waals surface area contributed by atoms with E-state index in [0.717, 1.165) is 11.1 Å². The molecule has 2 aromatic carbocycles. The molecule has 0 radical (unpaired) electrons. The van der Waals surface area contributed by atoms with E-state index >= 15 is 0 Å². The van der Waals surface area contributed by atoms with Gasteiger partial charge in [0.1, 0.15) is 0 Å². The molecule has 0 saturated carbocycles. The number of aryl methyl sites for hydroxylation is 2. The highest BCUT2D eigenvalue weighted by Crippen LogP contribution is 2.19. The van der Waals surface area contributed by atoms with Gasteiger partial charge in [0, 0.05) is 24.7 Å². The summed E-state index contributed by atoms with van der Waals surface area (Å²) in [5, 5.41) is 8.57. The third-order valence-electron chi connectivity index (χ3n) is 4.34. The van der Waals surface area contributed by atoms with Crippen LogP contribution in [0.2, 0.25) is 0 Å². The molecule has 2 aromatic rings. The second-order valence-electron chi connectivity index (χ2n) is 6.49. The van der Waals surface area contributed by atoms with Crippen molar-refractivity contribution in [2.75, 3.05) is 20.2 Å². The Balaban J connectivity index is 2.18. The average molecular weight is 378 g/mol. The molecule has 0 unspecified atom stereocenters. The first-order valence-corrected chi connectivity index (χ1v) is 8.84. The molecule has 2 rings (SSSR count). The average Bonchev–Trinajstić information content (AvgIpc) is 2.71. The quantitative estimate of drug-likeness (QED) is 0.546. The molecule has 1 amide bonds. The van der Waals surface area contributed by atoms with E-state index in [9.17, 15) is 14.4 Å². The molecule has 0 bridgehead atoms. The van der Waals surface area contributed by atoms with Gasteiger partial charge in [-0.15, -0.1) is 0 Å². The van der Waals surface area contributed by atoms with Gasteiger partial charge >= 0.3 is 5.97 Å². The van der Waals surface area contributed by atoms with E-state index < -0.39 is 18.5 Å². The van der Waals surface area contributed by atoms with Gasteiger partial charge in [0.05, 0.1) is 18.1 Å². The van der Waals surface area contributed by atoms with E-state index in [4.69, 9.17) is 10.00 Å². The summed E-state index contributed by atoms with van der Waals surface area (Å²) in [5.41, 5.74) is 2.62. The number of hydrogen-bond donors (Lipinski definition) is 0. The first-order chi connectivity index (χ1) is 13.3. The van der Waals surface area contributed by atoms with Crippen LogP contribution in [0.5, 0.6) is 0 Å². The number of ketones is 1. The minimum atomic E-state index is -0.740. The van der Waals surface area contributed by atoms with E-state index in [1.807, 2.05) is 32.0 Å². The fraction of sp³-hybridized carbons (Fsp3) is 0.273. The number of likely N-dealkylation sites (N-methyl/N-ethyl adjacent to an activating group) is 1. The molecule has 0 spiro atoms. The zero-order chi connectivity index (χ0) is 20.7. The molecule has 0 aliphatic carbocycles. The van der Waals surface area contributed by atoms with Gasteiger partial charge in [-0.1, -0.05) is 35.9 Å². The van der Waals surface area contributed by atoms with Crippen molar-refractivity contribution in [1.82, 2.24) is 4.90 Å². The van der Waals surface area contributed by atoms with E-state index in [1.165, 1.54) is 18.0 Å². The Morgan fingerprint density at radius 2 is 1.71 bits per heavy atom. The van der Waals surface area contributed by atoms with Crippen LogP contribution in [0.25, 0.3) is 0 Å². The van der Waals surface area contributed by atoms with Crippen LogP contribution in [0.15, 0.2) is 42.5 Å². The Labute approximate surface area is 164 Å². The molecule has 144 valence electrons. The molecule has 28 heavy (non-hydrogen) atoms. The fourth-order valence-electron chi connectivity index (χ4n) is 2.64. The van der Waals surface area contributed by atoms with E-state index in [2.05, 4.69) is 0 Å². The largest absolute Gasteiger partial charge is 0.452 e. The maximum Gasteiger partial charge on any atom is 0.339 e. The number of ether oxygens (including phenoxy) is 1. The molecule has 6 nitrogen and oxygen atoms in total. The molecular weight excluding hydrogens is 356 g/mol. The SMILES string of the molecule is Cc1ccc(C)c(C(=O)c2ccccc2C(=O)OCC(=O)N(C)CCC#N)c1. The smallest absolute Gasteiger partial charge is 0.339 e. The molecule has 0 heterocycles. The normalized spacial score (nSPS) is 10.1. The highest BCUT2D eigenvalue weighted by molar-refractivity contribution is 6.15. The highest BCUT2D eigenvalue weighted by atomic mass is 16.5. The van der Waals surface area contributed by atoms with Gasteiger partial charge in [-0.3, -0.25) is 9.59 Å². The summed E-state index contributed by atoms with van der Waals surface area (Å²) in [6.07, 6.45) is 0.198. The van der Waals surface area contributed by atoms with Crippen molar-refractivity contribution in [1.29, 1.82) is 5.26 Å². The number of carbonyl (C=O) groups excluding carboxylic acids is 3. The summed E-state index contributed by atoms with van der Waals surface area (Å²) in [5.74, 6) is -1.43. The maximum absolute atomic E-state index is 13.0. The Morgan fingerprint density at radius 3 is 2.39 bits per heavy atom. The number of benzene rings is 2. The van der Waals surface area contributed by atoms with Gasteiger partial charge in [-0.2, -0.15) is 5.26 Å². The van der Waals surface area contributed by atoms with Crippen LogP contribution < -0.4 is 0 Å². The lowest BCUT2D eigenvalue weighted by Gasteiger charge is -2.16. The Bertz CT molecular complexity index is 944. The molecule has 6 heteroatoms. The summed E-state index contributed by atoms with van der Waals surface area (Å²) in [6.45, 7) is 3.54. The van der Waals surface area contributed by atoms with Gasteiger partial charge in [-0.25, -0.2) is 4.79 Å². The van der Waals surface area contributed by atoms with Crippen molar-refractivity contribution < 1.29 is 19.1 Å². The summed E-state index contributed by atoms with van der Waals surface area (Å²) in [6, 6.07) is 13.9. The summed E-state index contributed by atoms with van der Waals surface area (Å²) in [7, 11) is 1.53. The number of hydrogen-bond acceptors (Lipinski definition) is 5. The lowest BCUT2D eigenvalue weighted by molar-refractivity contribution is -0.133. The number of nitrogens with zero attached hydrogens (tertiary/aromatic N) is 2. The minimum absolute atomic E-state index is 0.112. The van der Waals surface area contributed by atoms with Crippen molar-refractivity contribution in [3.8, 4) is 6.07 Å². The second kappa shape index (κ2) is 9.47. The third kappa shape index (κ3) is 5.04. The molecule has 0 aliphatic rings. The predicted molar refractivity (Wildman–Crippen MR) is 104 cm³/mol. The Hall–Kier alpha value is -3.46. The number of amides is 1. The van der Waals surface area contributed by atoms with Gasteiger partial charge in [0.25, 0.3) is 5.91 Å². The number of nitriles is 1. The number of carbonyl (C=O) groups is 3. The third-order valence-corrected chi connectivity index (χ3v) is 4.34. The zero-order valence-corrected chi connectivity index (χ0v) is 16.2. The van der Waals surface area contributed by atoms with Crippen LogP contribution in [-0.4, -0.2) is 42.8 Å². The molecule has 0 atom stereocenters. The second-order valence-corrected chi connectivity index (χ2v) is 6.49. The monoisotopic (exact) mass is 378 g/mol. The molecule has 0 saturated heterocycles. The van der Waals surface area contributed by atoms with Crippen molar-refractivity contribution in [3.05, 3.63) is 70.3 Å². The van der Waals surface area contributed by atoms with Gasteiger partial charge < -0.3 is 9.64 Å². The van der Waals surface area contributed by atoms with E-state index in [-0.39, 0.29) is 29.9 Å². The van der Waals surface area contributed by atoms with E-state index in [0.29, 0.717) is 5.56 Å². The van der Waals surface area contributed by atoms with Gasteiger partial charge in [0.2, 0.25) is 0 Å². The van der Waals surface area contributed by atoms with Crippen LogP contribution in [0, 0.1) is 25.2 Å². The standard InChI is InChI=1S/C22H22N2O4/c1-15-9-10-16(2)19(13-15)21(26)17-7-4-5-8-18(17)22(27)28-14-20(25)24(3)12-6-11-23/h4-5,7-10,13H,6,12,14H2,1-3H3. The minimum Gasteiger partial charge on any atom is -0.452 e. The number of esters is 1. The lowest BCUT2D eigenvalue weighted by Crippen LogP contribution is -2.32.